The van der Waals surface area contributed by atoms with Crippen LogP contribution in [0, 0.1) is 0 Å². The number of hydrogen-bond donors (Lipinski definition) is 2. The van der Waals surface area contributed by atoms with Gasteiger partial charge in [-0.3, -0.25) is 14.5 Å². The van der Waals surface area contributed by atoms with Crippen LogP contribution in [0.3, 0.4) is 0 Å². The number of H-pyrrole nitrogens is 1. The summed E-state index contributed by atoms with van der Waals surface area (Å²) in [6.45, 7) is 0.584. The second-order valence-electron chi connectivity index (χ2n) is 10.1. The number of unbranched alkanes of at least 4 members (excludes halogenated alkanes) is 1. The Labute approximate surface area is 216 Å². The standard InChI is InChI=1S/C26H27F3N8O/c27-26(28,29)17-8-9-19(30-12-17)13-31-25(38)21-14-37(36-34-21)10-2-1-3-18-11-20-22(15-4-5-15)23(16-6-7-16)32-24(20)35-33-18/h8-9,11-12,14-16H,1-7,10,13H2,(H,31,38)(H,32,35). The second-order valence-corrected chi connectivity index (χ2v) is 10.1. The highest BCUT2D eigenvalue weighted by Gasteiger charge is 2.36. The lowest BCUT2D eigenvalue weighted by atomic mass is 10.0. The maximum Gasteiger partial charge on any atom is 0.417 e. The van der Waals surface area contributed by atoms with Crippen molar-refractivity contribution in [2.45, 2.75) is 76.0 Å². The first-order valence-corrected chi connectivity index (χ1v) is 12.9. The van der Waals surface area contributed by atoms with Crippen molar-refractivity contribution in [3.63, 3.8) is 0 Å². The summed E-state index contributed by atoms with van der Waals surface area (Å²) in [5, 5.41) is 20.6. The van der Waals surface area contributed by atoms with E-state index in [0.29, 0.717) is 24.1 Å². The Morgan fingerprint density at radius 3 is 2.58 bits per heavy atom. The van der Waals surface area contributed by atoms with E-state index in [1.165, 1.54) is 48.4 Å². The van der Waals surface area contributed by atoms with E-state index in [4.69, 9.17) is 0 Å². The Kier molecular flexibility index (Phi) is 6.32. The van der Waals surface area contributed by atoms with Crippen LogP contribution in [0.25, 0.3) is 11.0 Å². The van der Waals surface area contributed by atoms with E-state index in [-0.39, 0.29) is 12.2 Å². The van der Waals surface area contributed by atoms with Crippen molar-refractivity contribution in [3.8, 4) is 0 Å². The summed E-state index contributed by atoms with van der Waals surface area (Å²) in [6, 6.07) is 4.36. The van der Waals surface area contributed by atoms with Gasteiger partial charge < -0.3 is 10.3 Å². The summed E-state index contributed by atoms with van der Waals surface area (Å²) in [5.41, 5.74) is 4.36. The van der Waals surface area contributed by atoms with Gasteiger partial charge in [0.1, 0.15) is 0 Å². The molecule has 0 saturated heterocycles. The predicted molar refractivity (Wildman–Crippen MR) is 131 cm³/mol. The quantitative estimate of drug-likeness (QED) is 0.292. The number of carbonyl (C=O) groups excluding carboxylic acids is 1. The molecule has 0 unspecified atom stereocenters. The third-order valence-corrected chi connectivity index (χ3v) is 7.07. The summed E-state index contributed by atoms with van der Waals surface area (Å²) < 4.78 is 39.6. The molecule has 9 nitrogen and oxygen atoms in total. The zero-order valence-electron chi connectivity index (χ0n) is 20.6. The minimum Gasteiger partial charge on any atom is -0.345 e. The maximum absolute atomic E-state index is 12.6. The maximum atomic E-state index is 12.6. The Morgan fingerprint density at radius 1 is 1.05 bits per heavy atom. The molecule has 2 N–H and O–H groups in total. The van der Waals surface area contributed by atoms with Crippen molar-refractivity contribution >= 4 is 16.9 Å². The number of carbonyl (C=O) groups is 1. The molecular formula is C26H27F3N8O. The molecule has 2 fully saturated rings. The highest BCUT2D eigenvalue weighted by molar-refractivity contribution is 5.91. The lowest BCUT2D eigenvalue weighted by molar-refractivity contribution is -0.137. The lowest BCUT2D eigenvalue weighted by Crippen LogP contribution is -2.23. The number of amides is 1. The molecule has 4 aromatic heterocycles. The van der Waals surface area contributed by atoms with E-state index < -0.39 is 17.6 Å². The summed E-state index contributed by atoms with van der Waals surface area (Å²) in [7, 11) is 0. The number of fused-ring (bicyclic) bond motifs is 1. The van der Waals surface area contributed by atoms with Gasteiger partial charge in [0, 0.05) is 23.8 Å². The number of nitrogens with one attached hydrogen (secondary N) is 2. The van der Waals surface area contributed by atoms with E-state index in [2.05, 4.69) is 41.9 Å². The van der Waals surface area contributed by atoms with Crippen molar-refractivity contribution < 1.29 is 18.0 Å². The van der Waals surface area contributed by atoms with Crippen LogP contribution in [0.1, 0.15) is 89.1 Å². The molecule has 0 spiro atoms. The van der Waals surface area contributed by atoms with Crippen molar-refractivity contribution in [2.24, 2.45) is 0 Å². The fourth-order valence-corrected chi connectivity index (χ4v) is 4.75. The molecule has 6 rings (SSSR count). The van der Waals surface area contributed by atoms with Crippen LogP contribution >= 0.6 is 0 Å². The fraction of sp³-hybridized carbons (Fsp3) is 0.462. The summed E-state index contributed by atoms with van der Waals surface area (Å²) in [5.74, 6) is 0.866. The first-order chi connectivity index (χ1) is 18.3. The van der Waals surface area contributed by atoms with Gasteiger partial charge in [0.2, 0.25) is 0 Å². The molecule has 198 valence electrons. The molecule has 12 heteroatoms. The van der Waals surface area contributed by atoms with Gasteiger partial charge in [0.15, 0.2) is 11.3 Å². The average molecular weight is 525 g/mol. The van der Waals surface area contributed by atoms with Gasteiger partial charge >= 0.3 is 6.18 Å². The number of pyridine rings is 1. The molecule has 0 atom stereocenters. The smallest absolute Gasteiger partial charge is 0.345 e. The van der Waals surface area contributed by atoms with Crippen LogP contribution in [0.15, 0.2) is 30.6 Å². The van der Waals surface area contributed by atoms with Gasteiger partial charge in [-0.1, -0.05) is 5.21 Å². The molecule has 0 bridgehead atoms. The minimum atomic E-state index is -4.45. The molecule has 0 aromatic carbocycles. The summed E-state index contributed by atoms with van der Waals surface area (Å²) >= 11 is 0. The van der Waals surface area contributed by atoms with E-state index in [1.54, 1.807) is 10.9 Å². The zero-order chi connectivity index (χ0) is 26.3. The van der Waals surface area contributed by atoms with Crippen LogP contribution in [0.2, 0.25) is 0 Å². The SMILES string of the molecule is O=C(NCc1ccc(C(F)(F)F)cn1)c1cn(CCCCc2cc3c(C4CC4)c(C4CC4)[nH]c3nn2)nn1. The lowest BCUT2D eigenvalue weighted by Gasteiger charge is -2.07. The Morgan fingerprint density at radius 2 is 1.87 bits per heavy atom. The minimum absolute atomic E-state index is 0.0129. The Hall–Kier alpha value is -3.83. The molecule has 2 aliphatic carbocycles. The third-order valence-electron chi connectivity index (χ3n) is 7.07. The van der Waals surface area contributed by atoms with Crippen LogP contribution in [-0.4, -0.2) is 41.1 Å². The Bertz CT molecular complexity index is 1450. The van der Waals surface area contributed by atoms with E-state index in [0.717, 1.165) is 42.9 Å². The van der Waals surface area contributed by atoms with Crippen LogP contribution in [0.4, 0.5) is 13.2 Å². The summed E-state index contributed by atoms with van der Waals surface area (Å²) in [4.78, 5) is 19.6. The molecule has 2 aliphatic rings. The number of halogens is 3. The number of aryl methyl sites for hydroxylation is 2. The molecule has 2 saturated carbocycles. The highest BCUT2D eigenvalue weighted by atomic mass is 19.4. The van der Waals surface area contributed by atoms with E-state index in [9.17, 15) is 18.0 Å². The molecule has 38 heavy (non-hydrogen) atoms. The van der Waals surface area contributed by atoms with Gasteiger partial charge in [0.25, 0.3) is 5.91 Å². The molecular weight excluding hydrogens is 497 g/mol. The zero-order valence-corrected chi connectivity index (χ0v) is 20.6. The first-order valence-electron chi connectivity index (χ1n) is 12.9. The van der Waals surface area contributed by atoms with Crippen molar-refractivity contribution in [1.29, 1.82) is 0 Å². The fourth-order valence-electron chi connectivity index (χ4n) is 4.75. The number of hydrogen-bond acceptors (Lipinski definition) is 6. The topological polar surface area (TPSA) is 114 Å². The predicted octanol–water partition coefficient (Wildman–Crippen LogP) is 4.67. The van der Waals surface area contributed by atoms with Gasteiger partial charge in [0.05, 0.1) is 29.7 Å². The molecule has 0 radical (unpaired) electrons. The monoisotopic (exact) mass is 524 g/mol. The molecule has 1 amide bonds. The van der Waals surface area contributed by atoms with E-state index >= 15 is 0 Å². The first kappa shape index (κ1) is 24.5. The normalized spacial score (nSPS) is 15.8. The average Bonchev–Trinajstić information content (AvgIpc) is 3.84. The second kappa shape index (κ2) is 9.80. The van der Waals surface area contributed by atoms with Gasteiger partial charge in [-0.2, -0.15) is 18.3 Å². The van der Waals surface area contributed by atoms with Gasteiger partial charge in [-0.15, -0.1) is 10.2 Å². The van der Waals surface area contributed by atoms with Gasteiger partial charge in [-0.25, -0.2) is 0 Å². The highest BCUT2D eigenvalue weighted by Crippen LogP contribution is 2.51. The number of aromatic amines is 1. The Balaban J connectivity index is 0.986. The van der Waals surface area contributed by atoms with Crippen LogP contribution in [0.5, 0.6) is 0 Å². The van der Waals surface area contributed by atoms with E-state index in [1.807, 2.05) is 0 Å². The molecule has 4 heterocycles. The number of rotatable bonds is 10. The van der Waals surface area contributed by atoms with Gasteiger partial charge in [-0.05, 0) is 80.5 Å². The molecule has 0 aliphatic heterocycles. The number of nitrogens with zero attached hydrogens (tertiary/aromatic N) is 6. The van der Waals surface area contributed by atoms with Crippen molar-refractivity contribution in [2.75, 3.05) is 0 Å². The molecule has 4 aromatic rings. The van der Waals surface area contributed by atoms with Crippen LogP contribution < -0.4 is 5.32 Å². The summed E-state index contributed by atoms with van der Waals surface area (Å²) in [6.07, 6.45) is 5.41. The number of aromatic nitrogens is 7. The third kappa shape index (κ3) is 5.39. The number of alkyl halides is 3. The largest absolute Gasteiger partial charge is 0.417 e. The van der Waals surface area contributed by atoms with Crippen molar-refractivity contribution in [1.82, 2.24) is 40.5 Å². The van der Waals surface area contributed by atoms with Crippen molar-refractivity contribution in [3.05, 3.63) is 64.5 Å². The van der Waals surface area contributed by atoms with Crippen LogP contribution in [-0.2, 0) is 25.7 Å².